The molecule has 0 aliphatic carbocycles. The summed E-state index contributed by atoms with van der Waals surface area (Å²) >= 11 is 1.17. The lowest BCUT2D eigenvalue weighted by atomic mass is 10.2. The second kappa shape index (κ2) is 8.72. The summed E-state index contributed by atoms with van der Waals surface area (Å²) in [6, 6.07) is 17.9. The summed E-state index contributed by atoms with van der Waals surface area (Å²) < 4.78 is 5.75. The molecule has 1 N–H and O–H groups in total. The van der Waals surface area contributed by atoms with Gasteiger partial charge in [0.15, 0.2) is 0 Å². The Labute approximate surface area is 159 Å². The van der Waals surface area contributed by atoms with E-state index in [2.05, 4.69) is 10.5 Å². The lowest BCUT2D eigenvalue weighted by Gasteiger charge is -2.10. The zero-order chi connectivity index (χ0) is 19.1. The molecule has 1 heterocycles. The van der Waals surface area contributed by atoms with Crippen molar-refractivity contribution < 1.29 is 14.5 Å². The zero-order valence-corrected chi connectivity index (χ0v) is 14.9. The summed E-state index contributed by atoms with van der Waals surface area (Å²) in [7, 11) is 0. The molecule has 2 aromatic carbocycles. The summed E-state index contributed by atoms with van der Waals surface area (Å²) in [5, 5.41) is 15.9. The Kier molecular flexibility index (Phi) is 5.91. The van der Waals surface area contributed by atoms with Crippen molar-refractivity contribution in [3.8, 4) is 5.75 Å². The summed E-state index contributed by atoms with van der Waals surface area (Å²) in [5.41, 5.74) is 3.75. The van der Waals surface area contributed by atoms with Gasteiger partial charge in [0.25, 0.3) is 11.6 Å². The van der Waals surface area contributed by atoms with Crippen LogP contribution in [0.15, 0.2) is 71.1 Å². The highest BCUT2D eigenvalue weighted by Crippen LogP contribution is 2.20. The number of carbonyl (C=O) groups excluding carboxylic acids is 1. The number of ether oxygens (including phenoxy) is 1. The van der Waals surface area contributed by atoms with Crippen LogP contribution < -0.4 is 10.2 Å². The summed E-state index contributed by atoms with van der Waals surface area (Å²) in [4.78, 5) is 23.1. The number of carbonyl (C=O) groups is 1. The zero-order valence-electron chi connectivity index (χ0n) is 14.1. The number of thiophene rings is 1. The van der Waals surface area contributed by atoms with Crippen LogP contribution in [0.1, 0.15) is 20.8 Å². The van der Waals surface area contributed by atoms with Gasteiger partial charge in [0.2, 0.25) is 0 Å². The molecule has 3 aromatic rings. The topological polar surface area (TPSA) is 93.8 Å². The molecule has 1 amide bonds. The predicted octanol–water partition coefficient (Wildman–Crippen LogP) is 4.00. The summed E-state index contributed by atoms with van der Waals surface area (Å²) in [5.74, 6) is 0.0155. The van der Waals surface area contributed by atoms with Gasteiger partial charge in [-0.25, -0.2) is 5.43 Å². The maximum absolute atomic E-state index is 12.4. The number of hydrogen-bond acceptors (Lipinski definition) is 6. The fourth-order valence-electron chi connectivity index (χ4n) is 2.24. The fourth-order valence-corrected chi connectivity index (χ4v) is 2.95. The number of amides is 1. The van der Waals surface area contributed by atoms with Crippen molar-refractivity contribution in [2.75, 3.05) is 0 Å². The van der Waals surface area contributed by atoms with E-state index in [4.69, 9.17) is 4.74 Å². The quantitative estimate of drug-likeness (QED) is 0.380. The van der Waals surface area contributed by atoms with Crippen LogP contribution in [0.25, 0.3) is 0 Å². The lowest BCUT2D eigenvalue weighted by Crippen LogP contribution is -2.18. The van der Waals surface area contributed by atoms with Crippen LogP contribution in [0, 0.1) is 10.1 Å². The molecular formula is C19H15N3O4S. The third-order valence-electron chi connectivity index (χ3n) is 3.54. The first kappa shape index (κ1) is 18.3. The molecule has 0 saturated carbocycles. The molecule has 136 valence electrons. The molecule has 0 fully saturated rings. The smallest absolute Gasteiger partial charge is 0.280 e. The normalized spacial score (nSPS) is 10.7. The third-order valence-corrected chi connectivity index (χ3v) is 4.40. The molecule has 27 heavy (non-hydrogen) atoms. The van der Waals surface area contributed by atoms with E-state index in [1.54, 1.807) is 24.3 Å². The maximum atomic E-state index is 12.4. The van der Waals surface area contributed by atoms with Gasteiger partial charge in [-0.05, 0) is 17.7 Å². The molecule has 0 atom stereocenters. The number of rotatable bonds is 7. The molecule has 0 unspecified atom stereocenters. The van der Waals surface area contributed by atoms with Crippen molar-refractivity contribution in [1.82, 2.24) is 5.43 Å². The largest absolute Gasteiger partial charge is 0.488 e. The number of hydrazone groups is 1. The molecule has 0 bridgehead atoms. The Bertz CT molecular complexity index is 970. The minimum atomic E-state index is -0.479. The monoisotopic (exact) mass is 381 g/mol. The van der Waals surface area contributed by atoms with Crippen molar-refractivity contribution in [3.05, 3.63) is 92.2 Å². The van der Waals surface area contributed by atoms with E-state index in [0.717, 1.165) is 5.56 Å². The maximum Gasteiger partial charge on any atom is 0.280 e. The van der Waals surface area contributed by atoms with E-state index >= 15 is 0 Å². The Balaban J connectivity index is 1.64. The van der Waals surface area contributed by atoms with Crippen LogP contribution in [-0.2, 0) is 6.61 Å². The van der Waals surface area contributed by atoms with E-state index in [1.165, 1.54) is 29.0 Å². The van der Waals surface area contributed by atoms with Gasteiger partial charge in [-0.15, -0.1) is 11.3 Å². The second-order valence-corrected chi connectivity index (χ2v) is 6.38. The number of nitrogens with one attached hydrogen (secondary N) is 1. The van der Waals surface area contributed by atoms with Gasteiger partial charge < -0.3 is 4.74 Å². The minimum Gasteiger partial charge on any atom is -0.488 e. The molecule has 7 nitrogen and oxygen atoms in total. The van der Waals surface area contributed by atoms with Crippen LogP contribution in [0.2, 0.25) is 0 Å². The average Bonchev–Trinajstić information content (AvgIpc) is 3.17. The second-order valence-electron chi connectivity index (χ2n) is 5.43. The van der Waals surface area contributed by atoms with E-state index in [1.807, 2.05) is 30.3 Å². The van der Waals surface area contributed by atoms with E-state index in [-0.39, 0.29) is 5.69 Å². The molecule has 0 spiro atoms. The molecule has 3 rings (SSSR count). The van der Waals surface area contributed by atoms with E-state index in [9.17, 15) is 14.9 Å². The first-order valence-electron chi connectivity index (χ1n) is 7.95. The summed E-state index contributed by atoms with van der Waals surface area (Å²) in [6.07, 6.45) is 1.36. The Hall–Kier alpha value is -3.52. The Morgan fingerprint density at radius 3 is 2.67 bits per heavy atom. The molecule has 0 aliphatic rings. The molecule has 1 aromatic heterocycles. The van der Waals surface area contributed by atoms with Gasteiger partial charge in [0.05, 0.1) is 27.0 Å². The van der Waals surface area contributed by atoms with Crippen LogP contribution in [0.4, 0.5) is 5.69 Å². The molecule has 8 heteroatoms. The fraction of sp³-hybridized carbons (Fsp3) is 0.0526. The number of nitrogens with zero attached hydrogens (tertiary/aromatic N) is 2. The van der Waals surface area contributed by atoms with E-state index in [0.29, 0.717) is 22.8 Å². The Morgan fingerprint density at radius 2 is 1.93 bits per heavy atom. The van der Waals surface area contributed by atoms with Crippen molar-refractivity contribution in [2.45, 2.75) is 6.61 Å². The minimum absolute atomic E-state index is 0.00701. The number of para-hydroxylation sites is 1. The molecule has 0 radical (unpaired) electrons. The lowest BCUT2D eigenvalue weighted by molar-refractivity contribution is -0.384. The summed E-state index contributed by atoms with van der Waals surface area (Å²) in [6.45, 7) is 0.341. The molecule has 0 saturated heterocycles. The van der Waals surface area contributed by atoms with Gasteiger partial charge in [-0.3, -0.25) is 14.9 Å². The van der Waals surface area contributed by atoms with Gasteiger partial charge >= 0.3 is 0 Å². The van der Waals surface area contributed by atoms with Crippen molar-refractivity contribution in [1.29, 1.82) is 0 Å². The number of nitro groups is 1. The SMILES string of the molecule is O=C(N/N=C\c1cc([N+](=O)[O-])cs1)c1ccccc1OCc1ccccc1. The first-order valence-corrected chi connectivity index (χ1v) is 8.83. The van der Waals surface area contributed by atoms with Gasteiger partial charge in [-0.1, -0.05) is 42.5 Å². The van der Waals surface area contributed by atoms with Crippen LogP contribution in [0.3, 0.4) is 0 Å². The highest BCUT2D eigenvalue weighted by atomic mass is 32.1. The van der Waals surface area contributed by atoms with Crippen LogP contribution >= 0.6 is 11.3 Å². The van der Waals surface area contributed by atoms with Gasteiger partial charge in [-0.2, -0.15) is 5.10 Å². The number of benzene rings is 2. The van der Waals surface area contributed by atoms with Crippen molar-refractivity contribution >= 4 is 29.1 Å². The highest BCUT2D eigenvalue weighted by Gasteiger charge is 2.12. The first-order chi connectivity index (χ1) is 13.1. The van der Waals surface area contributed by atoms with Crippen LogP contribution in [0.5, 0.6) is 5.75 Å². The van der Waals surface area contributed by atoms with Crippen molar-refractivity contribution in [3.63, 3.8) is 0 Å². The van der Waals surface area contributed by atoms with E-state index < -0.39 is 10.8 Å². The molecular weight excluding hydrogens is 366 g/mol. The standard InChI is InChI=1S/C19H15N3O4S/c23-19(21-20-11-16-10-15(13-27-16)22(24)25)17-8-4-5-9-18(17)26-12-14-6-2-1-3-7-14/h1-11,13H,12H2,(H,21,23)/b20-11-. The average molecular weight is 381 g/mol. The Morgan fingerprint density at radius 1 is 1.19 bits per heavy atom. The number of hydrogen-bond donors (Lipinski definition) is 1. The van der Waals surface area contributed by atoms with Gasteiger partial charge in [0, 0.05) is 6.07 Å². The van der Waals surface area contributed by atoms with Crippen LogP contribution in [-0.4, -0.2) is 17.0 Å². The third kappa shape index (κ3) is 4.99. The van der Waals surface area contributed by atoms with Crippen molar-refractivity contribution in [2.24, 2.45) is 5.10 Å². The predicted molar refractivity (Wildman–Crippen MR) is 103 cm³/mol. The van der Waals surface area contributed by atoms with Gasteiger partial charge in [0.1, 0.15) is 12.4 Å². The highest BCUT2D eigenvalue weighted by molar-refractivity contribution is 7.12. The molecule has 0 aliphatic heterocycles.